The minimum Gasteiger partial charge on any atom is -0.494 e. The molecule has 4 heteroatoms. The standard InChI is InChI=1S/C27H27N3O/c1-2-3-10-19-31-25-17-15-22(16-18-25)20-28-26-21-30(24-13-8-5-9-14-24)29-27(26)23-11-6-4-7-12-23/h4-9,11-18,20-21H,2-3,10,19H2,1H3. The molecule has 0 aliphatic rings. The van der Waals surface area contributed by atoms with Crippen LogP contribution in [0.4, 0.5) is 5.69 Å². The predicted molar refractivity (Wildman–Crippen MR) is 128 cm³/mol. The molecule has 0 saturated heterocycles. The maximum Gasteiger partial charge on any atom is 0.119 e. The van der Waals surface area contributed by atoms with Crippen LogP contribution in [0.3, 0.4) is 0 Å². The van der Waals surface area contributed by atoms with E-state index in [-0.39, 0.29) is 0 Å². The maximum atomic E-state index is 5.80. The van der Waals surface area contributed by atoms with E-state index in [1.54, 1.807) is 0 Å². The summed E-state index contributed by atoms with van der Waals surface area (Å²) >= 11 is 0. The Morgan fingerprint density at radius 1 is 0.871 bits per heavy atom. The molecule has 4 aromatic rings. The topological polar surface area (TPSA) is 39.4 Å². The van der Waals surface area contributed by atoms with Crippen molar-refractivity contribution in [2.45, 2.75) is 26.2 Å². The highest BCUT2D eigenvalue weighted by atomic mass is 16.5. The highest BCUT2D eigenvalue weighted by Gasteiger charge is 2.11. The van der Waals surface area contributed by atoms with Gasteiger partial charge < -0.3 is 4.74 Å². The van der Waals surface area contributed by atoms with E-state index in [1.165, 1.54) is 12.8 Å². The molecule has 0 unspecified atom stereocenters. The maximum absolute atomic E-state index is 5.80. The number of aliphatic imine (C=N–C) groups is 1. The second-order valence-corrected chi connectivity index (χ2v) is 7.39. The van der Waals surface area contributed by atoms with Crippen LogP contribution in [0.1, 0.15) is 31.7 Å². The highest BCUT2D eigenvalue weighted by Crippen LogP contribution is 2.30. The second-order valence-electron chi connectivity index (χ2n) is 7.39. The van der Waals surface area contributed by atoms with Gasteiger partial charge in [-0.1, -0.05) is 68.3 Å². The zero-order chi connectivity index (χ0) is 21.3. The van der Waals surface area contributed by atoms with Crippen molar-refractivity contribution in [3.63, 3.8) is 0 Å². The van der Waals surface area contributed by atoms with E-state index in [2.05, 4.69) is 19.1 Å². The Labute approximate surface area is 183 Å². The first kappa shape index (κ1) is 20.6. The molecular formula is C27H27N3O. The van der Waals surface area contributed by atoms with Gasteiger partial charge in [0.15, 0.2) is 0 Å². The van der Waals surface area contributed by atoms with E-state index < -0.39 is 0 Å². The number of nitrogens with zero attached hydrogens (tertiary/aromatic N) is 3. The van der Waals surface area contributed by atoms with Gasteiger partial charge in [-0.15, -0.1) is 0 Å². The Hall–Kier alpha value is -3.66. The van der Waals surface area contributed by atoms with E-state index in [4.69, 9.17) is 14.8 Å². The van der Waals surface area contributed by atoms with Crippen molar-refractivity contribution < 1.29 is 4.74 Å². The highest BCUT2D eigenvalue weighted by molar-refractivity contribution is 5.85. The average Bonchev–Trinajstić information content (AvgIpc) is 3.27. The Balaban J connectivity index is 1.56. The monoisotopic (exact) mass is 409 g/mol. The van der Waals surface area contributed by atoms with E-state index in [9.17, 15) is 0 Å². The summed E-state index contributed by atoms with van der Waals surface area (Å²) in [6.45, 7) is 2.96. The number of aromatic nitrogens is 2. The third kappa shape index (κ3) is 5.48. The lowest BCUT2D eigenvalue weighted by atomic mass is 10.1. The summed E-state index contributed by atoms with van der Waals surface area (Å²) in [4.78, 5) is 4.77. The van der Waals surface area contributed by atoms with Crippen LogP contribution in [0.5, 0.6) is 5.75 Å². The first-order valence-corrected chi connectivity index (χ1v) is 10.8. The van der Waals surface area contributed by atoms with Crippen LogP contribution >= 0.6 is 0 Å². The molecule has 0 saturated carbocycles. The Bertz CT molecular complexity index is 1100. The molecule has 0 bridgehead atoms. The van der Waals surface area contributed by atoms with Crippen molar-refractivity contribution in [2.75, 3.05) is 6.61 Å². The molecule has 0 amide bonds. The molecule has 1 heterocycles. The van der Waals surface area contributed by atoms with Crippen molar-refractivity contribution in [2.24, 2.45) is 4.99 Å². The molecule has 0 atom stereocenters. The molecule has 3 aromatic carbocycles. The van der Waals surface area contributed by atoms with Gasteiger partial charge in [-0.3, -0.25) is 4.99 Å². The Morgan fingerprint density at radius 3 is 2.29 bits per heavy atom. The van der Waals surface area contributed by atoms with Crippen molar-refractivity contribution in [1.82, 2.24) is 9.78 Å². The first-order valence-electron chi connectivity index (χ1n) is 10.8. The van der Waals surface area contributed by atoms with Gasteiger partial charge in [0, 0.05) is 11.8 Å². The molecule has 0 radical (unpaired) electrons. The van der Waals surface area contributed by atoms with Gasteiger partial charge in [0.1, 0.15) is 17.1 Å². The largest absolute Gasteiger partial charge is 0.494 e. The van der Waals surface area contributed by atoms with Gasteiger partial charge in [-0.25, -0.2) is 4.68 Å². The molecule has 4 nitrogen and oxygen atoms in total. The molecule has 0 fully saturated rings. The minimum absolute atomic E-state index is 0.764. The number of hydrogen-bond donors (Lipinski definition) is 0. The second kappa shape index (κ2) is 10.4. The lowest BCUT2D eigenvalue weighted by molar-refractivity contribution is 0.306. The summed E-state index contributed by atoms with van der Waals surface area (Å²) in [5.74, 6) is 0.898. The summed E-state index contributed by atoms with van der Waals surface area (Å²) in [6.07, 6.45) is 7.34. The fourth-order valence-electron chi connectivity index (χ4n) is 3.31. The van der Waals surface area contributed by atoms with Crippen molar-refractivity contribution in [3.05, 3.63) is 96.7 Å². The van der Waals surface area contributed by atoms with Crippen LogP contribution in [0.25, 0.3) is 16.9 Å². The van der Waals surface area contributed by atoms with Crippen LogP contribution in [0.2, 0.25) is 0 Å². The number of unbranched alkanes of at least 4 members (excludes halogenated alkanes) is 2. The molecule has 0 aliphatic heterocycles. The SMILES string of the molecule is CCCCCOc1ccc(C=Nc2cn(-c3ccccc3)nc2-c2ccccc2)cc1. The predicted octanol–water partition coefficient (Wildman–Crippen LogP) is 6.86. The van der Waals surface area contributed by atoms with Gasteiger partial charge in [-0.2, -0.15) is 5.10 Å². The van der Waals surface area contributed by atoms with Gasteiger partial charge in [-0.05, 0) is 48.4 Å². The van der Waals surface area contributed by atoms with Crippen LogP contribution in [0.15, 0.2) is 96.1 Å². The van der Waals surface area contributed by atoms with Crippen molar-refractivity contribution >= 4 is 11.9 Å². The molecule has 31 heavy (non-hydrogen) atoms. The van der Waals surface area contributed by atoms with Gasteiger partial charge in [0.05, 0.1) is 18.5 Å². The quantitative estimate of drug-likeness (QED) is 0.224. The molecule has 0 N–H and O–H groups in total. The molecular weight excluding hydrogens is 382 g/mol. The normalized spacial score (nSPS) is 11.1. The number of hydrogen-bond acceptors (Lipinski definition) is 3. The zero-order valence-corrected chi connectivity index (χ0v) is 17.8. The van der Waals surface area contributed by atoms with Crippen LogP contribution < -0.4 is 4.74 Å². The summed E-state index contributed by atoms with van der Waals surface area (Å²) in [5.41, 5.74) is 4.75. The van der Waals surface area contributed by atoms with E-state index in [0.717, 1.165) is 47.0 Å². The average molecular weight is 410 g/mol. The number of ether oxygens (including phenoxy) is 1. The number of rotatable bonds is 9. The minimum atomic E-state index is 0.764. The van der Waals surface area contributed by atoms with E-state index in [0.29, 0.717) is 0 Å². The molecule has 0 spiro atoms. The number of benzene rings is 3. The summed E-state index contributed by atoms with van der Waals surface area (Å²) in [6, 6.07) is 28.3. The van der Waals surface area contributed by atoms with E-state index >= 15 is 0 Å². The van der Waals surface area contributed by atoms with Crippen LogP contribution in [-0.2, 0) is 0 Å². The van der Waals surface area contributed by atoms with Crippen molar-refractivity contribution in [1.29, 1.82) is 0 Å². The first-order chi connectivity index (χ1) is 15.3. The molecule has 0 aliphatic carbocycles. The Kier molecular flexibility index (Phi) is 6.91. The molecule has 1 aromatic heterocycles. The fraction of sp³-hybridized carbons (Fsp3) is 0.185. The lowest BCUT2D eigenvalue weighted by Crippen LogP contribution is -1.96. The molecule has 156 valence electrons. The van der Waals surface area contributed by atoms with Crippen LogP contribution in [-0.4, -0.2) is 22.6 Å². The van der Waals surface area contributed by atoms with Crippen LogP contribution in [0, 0.1) is 0 Å². The van der Waals surface area contributed by atoms with E-state index in [1.807, 2.05) is 89.9 Å². The summed E-state index contributed by atoms with van der Waals surface area (Å²) < 4.78 is 7.67. The van der Waals surface area contributed by atoms with Gasteiger partial charge in [0.25, 0.3) is 0 Å². The third-order valence-corrected chi connectivity index (χ3v) is 5.01. The number of para-hydroxylation sites is 1. The zero-order valence-electron chi connectivity index (χ0n) is 17.8. The smallest absolute Gasteiger partial charge is 0.119 e. The lowest BCUT2D eigenvalue weighted by Gasteiger charge is -2.05. The molecule has 4 rings (SSSR count). The fourth-order valence-corrected chi connectivity index (χ4v) is 3.31. The van der Waals surface area contributed by atoms with Crippen molar-refractivity contribution in [3.8, 4) is 22.7 Å². The van der Waals surface area contributed by atoms with Gasteiger partial charge >= 0.3 is 0 Å². The van der Waals surface area contributed by atoms with Gasteiger partial charge in [0.2, 0.25) is 0 Å². The third-order valence-electron chi connectivity index (χ3n) is 5.01. The Morgan fingerprint density at radius 2 is 1.58 bits per heavy atom. The summed E-state index contributed by atoms with van der Waals surface area (Å²) in [7, 11) is 0. The summed E-state index contributed by atoms with van der Waals surface area (Å²) in [5, 5.41) is 4.81.